The minimum absolute atomic E-state index is 0.0118. The number of hydrogen-bond donors (Lipinski definition) is 3. The van der Waals surface area contributed by atoms with E-state index < -0.39 is 16.6 Å². The topological polar surface area (TPSA) is 123 Å². The van der Waals surface area contributed by atoms with Gasteiger partial charge in [-0.25, -0.2) is 4.79 Å². The number of piperidine rings is 1. The Kier molecular flexibility index (Phi) is 4.82. The van der Waals surface area contributed by atoms with Crippen LogP contribution in [0.1, 0.15) is 56.2 Å². The van der Waals surface area contributed by atoms with Gasteiger partial charge in [0.1, 0.15) is 5.54 Å². The van der Waals surface area contributed by atoms with E-state index in [9.17, 15) is 19.9 Å². The van der Waals surface area contributed by atoms with E-state index in [0.717, 1.165) is 17.7 Å². The van der Waals surface area contributed by atoms with Gasteiger partial charge in [0.25, 0.3) is 5.91 Å². The highest BCUT2D eigenvalue weighted by atomic mass is 16.4. The number of aliphatic hydroxyl groups is 1. The van der Waals surface area contributed by atoms with Gasteiger partial charge in [-0.15, -0.1) is 0 Å². The molecule has 3 fully saturated rings. The quantitative estimate of drug-likeness (QED) is 0.207. The second-order valence-corrected chi connectivity index (χ2v) is 10.1. The average Bonchev–Trinajstić information content (AvgIpc) is 3.00. The van der Waals surface area contributed by atoms with Crippen LogP contribution >= 0.6 is 0 Å². The smallest absolute Gasteiger partial charge is 0.327 e. The van der Waals surface area contributed by atoms with Gasteiger partial charge in [-0.3, -0.25) is 9.69 Å². The largest absolute Gasteiger partial charge is 0.409 e. The number of fused-ring (bicyclic) bond motifs is 1. The van der Waals surface area contributed by atoms with Gasteiger partial charge >= 0.3 is 6.03 Å². The summed E-state index contributed by atoms with van der Waals surface area (Å²) in [5.74, 6) is -0.138. The van der Waals surface area contributed by atoms with Gasteiger partial charge in [-0.05, 0) is 76.7 Å². The number of amides is 3. The van der Waals surface area contributed by atoms with E-state index in [1.807, 2.05) is 39.1 Å². The van der Waals surface area contributed by atoms with Crippen LogP contribution in [-0.2, 0) is 16.6 Å². The molecule has 0 aromatic heterocycles. The lowest BCUT2D eigenvalue weighted by molar-refractivity contribution is -0.184. The molecule has 0 radical (unpaired) electrons. The lowest BCUT2D eigenvalue weighted by atomic mass is 9.46. The van der Waals surface area contributed by atoms with Crippen molar-refractivity contribution in [3.8, 4) is 0 Å². The standard InChI is InChI=1S/C24H33N5O4/c1-4-28-20(30)23(29(5-2)21(28)31)8-9-24(32)18-13-15-6-7-16(19(25)26-33)12-17(15)22(24,14-23)10-11-27(18)3/h6-7,12,18,32-33H,4-5,8-11,13-14H2,1-3H3,(H2,25,26)/t18-,22-,23+,24-/m1/s1. The number of carbonyl (C=O) groups is 2. The minimum atomic E-state index is -1.04. The fraction of sp³-hybridized carbons (Fsp3) is 0.625. The maximum absolute atomic E-state index is 13.7. The highest BCUT2D eigenvalue weighted by Crippen LogP contribution is 2.61. The maximum atomic E-state index is 13.7. The van der Waals surface area contributed by atoms with Crippen molar-refractivity contribution in [3.63, 3.8) is 0 Å². The van der Waals surface area contributed by atoms with Crippen LogP contribution in [0.3, 0.4) is 0 Å². The molecule has 9 heteroatoms. The van der Waals surface area contributed by atoms with Gasteiger partial charge in [0.2, 0.25) is 0 Å². The van der Waals surface area contributed by atoms with Crippen molar-refractivity contribution in [1.29, 1.82) is 0 Å². The zero-order valence-electron chi connectivity index (χ0n) is 19.5. The molecule has 3 amide bonds. The van der Waals surface area contributed by atoms with Crippen LogP contribution in [0.25, 0.3) is 0 Å². The van der Waals surface area contributed by atoms with Crippen molar-refractivity contribution in [1.82, 2.24) is 14.7 Å². The van der Waals surface area contributed by atoms with Gasteiger partial charge in [-0.1, -0.05) is 17.3 Å². The number of nitrogens with two attached hydrogens (primary N) is 1. The number of rotatable bonds is 3. The first-order chi connectivity index (χ1) is 15.7. The van der Waals surface area contributed by atoms with Crippen LogP contribution in [0.15, 0.2) is 23.4 Å². The molecule has 1 saturated carbocycles. The lowest BCUT2D eigenvalue weighted by Gasteiger charge is -2.66. The Morgan fingerprint density at radius 1 is 1.21 bits per heavy atom. The fourth-order valence-electron chi connectivity index (χ4n) is 7.38. The molecule has 2 heterocycles. The summed E-state index contributed by atoms with van der Waals surface area (Å²) in [6.45, 7) is 5.29. The summed E-state index contributed by atoms with van der Waals surface area (Å²) in [6, 6.07) is 5.44. The van der Waals surface area contributed by atoms with Gasteiger partial charge in [-0.2, -0.15) is 0 Å². The SMILES string of the molecule is CCN1C(=O)N(CC)[C@]2(CC[C@@]3(O)[C@H]4Cc5ccc(/C(N)=N\O)cc5[C@@]3(CCN4C)C2)C1=O. The van der Waals surface area contributed by atoms with Gasteiger partial charge in [0, 0.05) is 30.1 Å². The molecule has 9 nitrogen and oxygen atoms in total. The molecule has 2 aliphatic heterocycles. The van der Waals surface area contributed by atoms with Gasteiger partial charge < -0.3 is 25.8 Å². The lowest BCUT2D eigenvalue weighted by Crippen LogP contribution is -2.76. The normalized spacial score (nSPS) is 36.4. The third-order valence-electron chi connectivity index (χ3n) is 9.01. The molecule has 5 rings (SSSR count). The van der Waals surface area contributed by atoms with E-state index in [2.05, 4.69) is 10.1 Å². The van der Waals surface area contributed by atoms with Crippen molar-refractivity contribution >= 4 is 17.8 Å². The summed E-state index contributed by atoms with van der Waals surface area (Å²) >= 11 is 0. The number of carbonyl (C=O) groups excluding carboxylic acids is 2. The number of hydrogen-bond acceptors (Lipinski definition) is 6. The Morgan fingerprint density at radius 3 is 2.64 bits per heavy atom. The Balaban J connectivity index is 1.73. The van der Waals surface area contributed by atoms with Crippen LogP contribution in [-0.4, -0.2) is 86.7 Å². The van der Waals surface area contributed by atoms with Crippen molar-refractivity contribution in [2.24, 2.45) is 10.9 Å². The molecule has 2 bridgehead atoms. The summed E-state index contributed by atoms with van der Waals surface area (Å²) in [6.07, 6.45) is 2.61. The number of likely N-dealkylation sites (N-methyl/N-ethyl adjacent to an activating group) is 3. The van der Waals surface area contributed by atoms with Crippen LogP contribution in [0.2, 0.25) is 0 Å². The van der Waals surface area contributed by atoms with Crippen molar-refractivity contribution < 1.29 is 19.9 Å². The third-order valence-corrected chi connectivity index (χ3v) is 9.01. The number of oxime groups is 1. The highest BCUT2D eigenvalue weighted by Gasteiger charge is 2.71. The summed E-state index contributed by atoms with van der Waals surface area (Å²) in [7, 11) is 2.05. The van der Waals surface area contributed by atoms with Crippen molar-refractivity contribution in [3.05, 3.63) is 34.9 Å². The number of benzene rings is 1. The molecule has 4 aliphatic rings. The van der Waals surface area contributed by atoms with Crippen LogP contribution in [0.5, 0.6) is 0 Å². The first kappa shape index (κ1) is 22.2. The summed E-state index contributed by atoms with van der Waals surface area (Å²) in [4.78, 5) is 32.2. The fourth-order valence-corrected chi connectivity index (χ4v) is 7.38. The Labute approximate surface area is 193 Å². The van der Waals surface area contributed by atoms with E-state index in [4.69, 9.17) is 5.73 Å². The molecule has 1 spiro atoms. The summed E-state index contributed by atoms with van der Waals surface area (Å²) in [5, 5.41) is 24.8. The molecular formula is C24H33N5O4. The first-order valence-electron chi connectivity index (χ1n) is 11.9. The van der Waals surface area contributed by atoms with Gasteiger partial charge in [0.05, 0.1) is 5.60 Å². The highest BCUT2D eigenvalue weighted by molar-refractivity contribution is 6.07. The number of imide groups is 1. The monoisotopic (exact) mass is 455 g/mol. The molecule has 4 N–H and O–H groups in total. The van der Waals surface area contributed by atoms with E-state index in [1.165, 1.54) is 4.90 Å². The molecule has 178 valence electrons. The predicted octanol–water partition coefficient (Wildman–Crippen LogP) is 1.24. The zero-order valence-corrected chi connectivity index (χ0v) is 19.5. The van der Waals surface area contributed by atoms with E-state index >= 15 is 0 Å². The summed E-state index contributed by atoms with van der Waals surface area (Å²) in [5.41, 5.74) is 5.87. The molecule has 1 aromatic rings. The Hall–Kier alpha value is -2.65. The van der Waals surface area contributed by atoms with E-state index in [0.29, 0.717) is 50.8 Å². The molecule has 33 heavy (non-hydrogen) atoms. The number of nitrogens with zero attached hydrogens (tertiary/aromatic N) is 4. The second kappa shape index (κ2) is 7.17. The summed E-state index contributed by atoms with van der Waals surface area (Å²) < 4.78 is 0. The maximum Gasteiger partial charge on any atom is 0.327 e. The van der Waals surface area contributed by atoms with Crippen LogP contribution in [0, 0.1) is 0 Å². The molecule has 4 atom stereocenters. The molecule has 1 aromatic carbocycles. The van der Waals surface area contributed by atoms with Gasteiger partial charge in [0.15, 0.2) is 5.84 Å². The first-order valence-corrected chi connectivity index (χ1v) is 11.9. The number of amidine groups is 1. The molecular weight excluding hydrogens is 422 g/mol. The Bertz CT molecular complexity index is 1060. The van der Waals surface area contributed by atoms with E-state index in [1.54, 1.807) is 4.90 Å². The number of likely N-dealkylation sites (tertiary alicyclic amines) is 1. The minimum Gasteiger partial charge on any atom is -0.409 e. The molecule has 2 aliphatic carbocycles. The van der Waals surface area contributed by atoms with Crippen LogP contribution < -0.4 is 5.73 Å². The van der Waals surface area contributed by atoms with Crippen LogP contribution in [0.4, 0.5) is 4.79 Å². The predicted molar refractivity (Wildman–Crippen MR) is 122 cm³/mol. The zero-order chi connectivity index (χ0) is 23.8. The second-order valence-electron chi connectivity index (χ2n) is 10.1. The average molecular weight is 456 g/mol. The third kappa shape index (κ3) is 2.57. The van der Waals surface area contributed by atoms with E-state index in [-0.39, 0.29) is 23.8 Å². The van der Waals surface area contributed by atoms with Crippen molar-refractivity contribution in [2.45, 2.75) is 68.5 Å². The molecule has 2 saturated heterocycles. The Morgan fingerprint density at radius 2 is 1.97 bits per heavy atom. The van der Waals surface area contributed by atoms with Crippen molar-refractivity contribution in [2.75, 3.05) is 26.7 Å². The molecule has 0 unspecified atom stereocenters. The number of urea groups is 1.